The summed E-state index contributed by atoms with van der Waals surface area (Å²) in [7, 11) is 0. The van der Waals surface area contributed by atoms with Gasteiger partial charge in [0, 0.05) is 0 Å². The summed E-state index contributed by atoms with van der Waals surface area (Å²) < 4.78 is 10.9. The molecule has 1 heterocycles. The Hall–Kier alpha value is -2.37. The van der Waals surface area contributed by atoms with Gasteiger partial charge in [0.1, 0.15) is 17.2 Å². The largest absolute Gasteiger partial charge is 0.458 e. The summed E-state index contributed by atoms with van der Waals surface area (Å²) in [5.41, 5.74) is -0.522. The van der Waals surface area contributed by atoms with Gasteiger partial charge in [-0.25, -0.2) is 9.59 Å². The molecule has 1 saturated heterocycles. The van der Waals surface area contributed by atoms with Crippen LogP contribution in [0.5, 0.6) is 0 Å². The Balaban J connectivity index is 2.31. The number of nitrogens with zero attached hydrogens (tertiary/aromatic N) is 1. The van der Waals surface area contributed by atoms with E-state index in [0.29, 0.717) is 6.42 Å². The molecule has 1 fully saturated rings. The number of likely N-dealkylation sites (tertiary alicyclic amines) is 1. The lowest BCUT2D eigenvalue weighted by atomic mass is 9.91. The molecule has 1 aliphatic rings. The van der Waals surface area contributed by atoms with Gasteiger partial charge < -0.3 is 9.47 Å². The van der Waals surface area contributed by atoms with Crippen molar-refractivity contribution in [1.82, 2.24) is 4.90 Å². The highest BCUT2D eigenvalue weighted by atomic mass is 16.6. The predicted molar refractivity (Wildman–Crippen MR) is 101 cm³/mol. The number of Topliss-reactive ketones (excluding diaryl/α,β-unsaturated/α-hetero) is 1. The van der Waals surface area contributed by atoms with Crippen LogP contribution in [0, 0.1) is 5.92 Å². The maximum Gasteiger partial charge on any atom is 0.411 e. The third-order valence-corrected chi connectivity index (χ3v) is 4.03. The normalized spacial score (nSPS) is 20.5. The second-order valence-corrected chi connectivity index (χ2v) is 8.85. The molecule has 2 rings (SSSR count). The molecule has 0 N–H and O–H groups in total. The van der Waals surface area contributed by atoms with E-state index < -0.39 is 35.2 Å². The minimum Gasteiger partial charge on any atom is -0.458 e. The van der Waals surface area contributed by atoms with Crippen molar-refractivity contribution in [3.05, 3.63) is 35.9 Å². The van der Waals surface area contributed by atoms with Crippen LogP contribution in [0.25, 0.3) is 0 Å². The van der Waals surface area contributed by atoms with Gasteiger partial charge >= 0.3 is 12.1 Å². The van der Waals surface area contributed by atoms with E-state index in [4.69, 9.17) is 9.47 Å². The highest BCUT2D eigenvalue weighted by Gasteiger charge is 2.49. The Morgan fingerprint density at radius 3 is 2.07 bits per heavy atom. The molecule has 1 aromatic carbocycles. The molecule has 1 aliphatic heterocycles. The predicted octanol–water partition coefficient (Wildman–Crippen LogP) is 3.38. The lowest BCUT2D eigenvalue weighted by Gasteiger charge is -2.30. The summed E-state index contributed by atoms with van der Waals surface area (Å²) in [5.74, 6) is -1.41. The Bertz CT molecular complexity index is 700. The summed E-state index contributed by atoms with van der Waals surface area (Å²) >= 11 is 0. The molecule has 0 spiro atoms. The molecule has 0 aromatic heterocycles. The average molecular weight is 375 g/mol. The van der Waals surface area contributed by atoms with Gasteiger partial charge in [0.15, 0.2) is 5.78 Å². The molecule has 1 aromatic rings. The minimum atomic E-state index is -0.994. The number of benzene rings is 1. The molecule has 148 valence electrons. The van der Waals surface area contributed by atoms with E-state index in [0.717, 1.165) is 5.56 Å². The third kappa shape index (κ3) is 5.81. The van der Waals surface area contributed by atoms with Crippen LogP contribution < -0.4 is 0 Å². The topological polar surface area (TPSA) is 72.9 Å². The molecule has 0 bridgehead atoms. The zero-order valence-electron chi connectivity index (χ0n) is 16.9. The van der Waals surface area contributed by atoms with Crippen LogP contribution in [-0.2, 0) is 25.5 Å². The fraction of sp³-hybridized carbons (Fsp3) is 0.571. The Labute approximate surface area is 160 Å². The third-order valence-electron chi connectivity index (χ3n) is 4.03. The molecule has 0 unspecified atom stereocenters. The summed E-state index contributed by atoms with van der Waals surface area (Å²) in [6.45, 7) is 10.3. The highest BCUT2D eigenvalue weighted by Crippen LogP contribution is 2.29. The molecule has 6 heteroatoms. The molecule has 0 radical (unpaired) electrons. The zero-order chi connectivity index (χ0) is 20.4. The van der Waals surface area contributed by atoms with Crippen LogP contribution in [0.1, 0.15) is 47.1 Å². The first-order chi connectivity index (χ1) is 12.4. The van der Waals surface area contributed by atoms with Crippen molar-refractivity contribution in [1.29, 1.82) is 0 Å². The average Bonchev–Trinajstić information content (AvgIpc) is 2.82. The molecule has 1 amide bonds. The van der Waals surface area contributed by atoms with Crippen molar-refractivity contribution in [2.24, 2.45) is 5.92 Å². The zero-order valence-corrected chi connectivity index (χ0v) is 16.9. The number of hydrogen-bond donors (Lipinski definition) is 0. The lowest BCUT2D eigenvalue weighted by molar-refractivity contribution is -0.161. The van der Waals surface area contributed by atoms with E-state index in [-0.39, 0.29) is 12.3 Å². The molecule has 6 nitrogen and oxygen atoms in total. The van der Waals surface area contributed by atoms with Crippen LogP contribution >= 0.6 is 0 Å². The van der Waals surface area contributed by atoms with Crippen molar-refractivity contribution in [2.45, 2.75) is 65.2 Å². The maximum absolute atomic E-state index is 12.9. The van der Waals surface area contributed by atoms with Gasteiger partial charge in [-0.05, 0) is 53.5 Å². The second-order valence-electron chi connectivity index (χ2n) is 8.85. The smallest absolute Gasteiger partial charge is 0.411 e. The minimum absolute atomic E-state index is 0.156. The first kappa shape index (κ1) is 20.9. The van der Waals surface area contributed by atoms with E-state index in [9.17, 15) is 14.4 Å². The number of amides is 1. The van der Waals surface area contributed by atoms with Crippen LogP contribution in [0.2, 0.25) is 0 Å². The van der Waals surface area contributed by atoms with Gasteiger partial charge in [0.05, 0.1) is 12.5 Å². The number of ketones is 1. The van der Waals surface area contributed by atoms with Crippen LogP contribution in [0.15, 0.2) is 30.3 Å². The van der Waals surface area contributed by atoms with Crippen molar-refractivity contribution in [3.8, 4) is 0 Å². The fourth-order valence-corrected chi connectivity index (χ4v) is 3.02. The van der Waals surface area contributed by atoms with E-state index in [1.807, 2.05) is 30.3 Å². The first-order valence-corrected chi connectivity index (χ1v) is 9.16. The molecular formula is C21H29NO5. The van der Waals surface area contributed by atoms with Crippen molar-refractivity contribution in [3.63, 3.8) is 0 Å². The number of rotatable bonds is 3. The van der Waals surface area contributed by atoms with Crippen LogP contribution in [0.4, 0.5) is 4.79 Å². The summed E-state index contributed by atoms with van der Waals surface area (Å²) in [6, 6.07) is 8.45. The second kappa shape index (κ2) is 7.71. The van der Waals surface area contributed by atoms with Gasteiger partial charge in [-0.3, -0.25) is 9.69 Å². The van der Waals surface area contributed by atoms with Gasteiger partial charge in [-0.2, -0.15) is 0 Å². The molecule has 2 atom stereocenters. The van der Waals surface area contributed by atoms with E-state index in [1.54, 1.807) is 41.5 Å². The SMILES string of the molecule is CC(C)(C)OC(=O)[C@@H]1[C@H](Cc2ccccc2)C(=O)CN1C(=O)OC(C)(C)C. The van der Waals surface area contributed by atoms with Gasteiger partial charge in [-0.15, -0.1) is 0 Å². The van der Waals surface area contributed by atoms with Gasteiger partial charge in [-0.1, -0.05) is 30.3 Å². The van der Waals surface area contributed by atoms with Crippen molar-refractivity contribution < 1.29 is 23.9 Å². The first-order valence-electron chi connectivity index (χ1n) is 9.16. The molecule has 27 heavy (non-hydrogen) atoms. The standard InChI is InChI=1S/C21H29NO5/c1-20(2,3)26-18(24)17-15(12-14-10-8-7-9-11-14)16(23)13-22(17)19(25)27-21(4,5)6/h7-11,15,17H,12-13H2,1-6H3/t15-,17+/m1/s1. The van der Waals surface area contributed by atoms with Crippen molar-refractivity contribution >= 4 is 17.8 Å². The van der Waals surface area contributed by atoms with Crippen LogP contribution in [-0.4, -0.2) is 46.5 Å². The Kier molecular flexibility index (Phi) is 5.97. The van der Waals surface area contributed by atoms with Gasteiger partial charge in [0.2, 0.25) is 0 Å². The maximum atomic E-state index is 12.9. The molecule has 0 aliphatic carbocycles. The fourth-order valence-electron chi connectivity index (χ4n) is 3.02. The number of esters is 1. The van der Waals surface area contributed by atoms with Gasteiger partial charge in [0.25, 0.3) is 0 Å². The molecule has 0 saturated carbocycles. The van der Waals surface area contributed by atoms with Crippen LogP contribution in [0.3, 0.4) is 0 Å². The summed E-state index contributed by atoms with van der Waals surface area (Å²) in [5, 5.41) is 0. The molecular weight excluding hydrogens is 346 g/mol. The summed E-state index contributed by atoms with van der Waals surface area (Å²) in [6.07, 6.45) is -0.314. The monoisotopic (exact) mass is 375 g/mol. The Morgan fingerprint density at radius 1 is 1.00 bits per heavy atom. The number of carbonyl (C=O) groups excluding carboxylic acids is 3. The lowest BCUT2D eigenvalue weighted by Crippen LogP contribution is -2.48. The van der Waals surface area contributed by atoms with E-state index in [1.165, 1.54) is 4.90 Å². The van der Waals surface area contributed by atoms with E-state index >= 15 is 0 Å². The Morgan fingerprint density at radius 2 is 1.56 bits per heavy atom. The van der Waals surface area contributed by atoms with Crippen molar-refractivity contribution in [2.75, 3.05) is 6.54 Å². The highest BCUT2D eigenvalue weighted by molar-refractivity contribution is 5.98. The summed E-state index contributed by atoms with van der Waals surface area (Å²) in [4.78, 5) is 39.4. The quantitative estimate of drug-likeness (QED) is 0.758. The number of hydrogen-bond acceptors (Lipinski definition) is 5. The number of ether oxygens (including phenoxy) is 2. The number of carbonyl (C=O) groups is 3. The van der Waals surface area contributed by atoms with E-state index in [2.05, 4.69) is 0 Å².